The lowest BCUT2D eigenvalue weighted by Gasteiger charge is -2.32. The van der Waals surface area contributed by atoms with Crippen molar-refractivity contribution in [2.24, 2.45) is 0 Å². The molecule has 1 aliphatic heterocycles. The molecule has 0 aliphatic carbocycles. The van der Waals surface area contributed by atoms with Crippen LogP contribution in [0.25, 0.3) is 0 Å². The fourth-order valence-electron chi connectivity index (χ4n) is 2.65. The van der Waals surface area contributed by atoms with Gasteiger partial charge in [0, 0.05) is 43.5 Å². The molecular weight excluding hydrogens is 310 g/mol. The minimum absolute atomic E-state index is 0.0398. The van der Waals surface area contributed by atoms with Gasteiger partial charge in [0.1, 0.15) is 0 Å². The smallest absolute Gasteiger partial charge is 0.306 e. The Hall–Kier alpha value is -2.44. The average Bonchev–Trinajstić information content (AvgIpc) is 2.61. The Labute approximate surface area is 141 Å². The van der Waals surface area contributed by atoms with E-state index in [9.17, 15) is 14.4 Å². The summed E-state index contributed by atoms with van der Waals surface area (Å²) >= 11 is 0. The topological polar surface area (TPSA) is 88.6 Å². The Balaban J connectivity index is 1.72. The number of hydrogen-bond donors (Lipinski definition) is 1. The molecule has 1 saturated heterocycles. The number of ether oxygens (including phenoxy) is 1. The lowest BCUT2D eigenvalue weighted by Crippen LogP contribution is -2.46. The van der Waals surface area contributed by atoms with Crippen LogP contribution in [0.5, 0.6) is 0 Å². The first kappa shape index (κ1) is 17.9. The van der Waals surface area contributed by atoms with Gasteiger partial charge in [-0.1, -0.05) is 0 Å². The number of piperidine rings is 1. The van der Waals surface area contributed by atoms with Gasteiger partial charge in [-0.3, -0.25) is 19.4 Å². The number of nitrogens with one attached hydrogen (secondary N) is 1. The van der Waals surface area contributed by atoms with Crippen LogP contribution in [0.4, 0.5) is 0 Å². The van der Waals surface area contributed by atoms with Crippen molar-refractivity contribution in [2.45, 2.75) is 38.6 Å². The molecule has 1 fully saturated rings. The molecule has 7 nitrogen and oxygen atoms in total. The molecule has 0 saturated carbocycles. The Morgan fingerprint density at radius 1 is 1.21 bits per heavy atom. The number of nitrogens with zero attached hydrogens (tertiary/aromatic N) is 2. The van der Waals surface area contributed by atoms with Crippen LogP contribution in [0.1, 0.15) is 43.0 Å². The van der Waals surface area contributed by atoms with Crippen molar-refractivity contribution >= 4 is 17.8 Å². The monoisotopic (exact) mass is 333 g/mol. The van der Waals surface area contributed by atoms with Crippen molar-refractivity contribution in [3.05, 3.63) is 30.1 Å². The highest BCUT2D eigenvalue weighted by molar-refractivity contribution is 5.94. The predicted octanol–water partition coefficient (Wildman–Crippen LogP) is 1.15. The number of hydrogen-bond acceptors (Lipinski definition) is 5. The zero-order valence-electron chi connectivity index (χ0n) is 13.9. The van der Waals surface area contributed by atoms with Crippen molar-refractivity contribution in [3.63, 3.8) is 0 Å². The summed E-state index contributed by atoms with van der Waals surface area (Å²) < 4.78 is 4.82. The molecule has 2 amide bonds. The highest BCUT2D eigenvalue weighted by atomic mass is 16.5. The van der Waals surface area contributed by atoms with Gasteiger partial charge in [-0.25, -0.2) is 0 Å². The van der Waals surface area contributed by atoms with Gasteiger partial charge in [-0.2, -0.15) is 0 Å². The van der Waals surface area contributed by atoms with E-state index in [1.165, 1.54) is 0 Å². The van der Waals surface area contributed by atoms with Crippen LogP contribution < -0.4 is 5.32 Å². The molecule has 130 valence electrons. The van der Waals surface area contributed by atoms with Gasteiger partial charge in [0.25, 0.3) is 5.91 Å². The fraction of sp³-hybridized carbons (Fsp3) is 0.529. The number of carbonyl (C=O) groups excluding carboxylic acids is 3. The predicted molar refractivity (Wildman–Crippen MR) is 87.2 cm³/mol. The molecule has 2 heterocycles. The van der Waals surface area contributed by atoms with E-state index in [0.717, 1.165) is 0 Å². The molecule has 0 unspecified atom stereocenters. The maximum absolute atomic E-state index is 12.1. The number of pyridine rings is 1. The maximum atomic E-state index is 12.1. The van der Waals surface area contributed by atoms with Crippen molar-refractivity contribution in [3.8, 4) is 0 Å². The van der Waals surface area contributed by atoms with E-state index in [1.54, 1.807) is 36.4 Å². The molecular formula is C17H23N3O4. The molecule has 0 radical (unpaired) electrons. The summed E-state index contributed by atoms with van der Waals surface area (Å²) in [5.41, 5.74) is 0.581. The lowest BCUT2D eigenvalue weighted by molar-refractivity contribution is -0.145. The van der Waals surface area contributed by atoms with Crippen LogP contribution >= 0.6 is 0 Å². The van der Waals surface area contributed by atoms with Crippen molar-refractivity contribution in [1.82, 2.24) is 15.2 Å². The second-order valence-corrected chi connectivity index (χ2v) is 5.67. The zero-order valence-corrected chi connectivity index (χ0v) is 13.9. The normalized spacial score (nSPS) is 15.0. The highest BCUT2D eigenvalue weighted by Crippen LogP contribution is 2.13. The van der Waals surface area contributed by atoms with Crippen LogP contribution in [0, 0.1) is 0 Å². The van der Waals surface area contributed by atoms with Gasteiger partial charge in [0.15, 0.2) is 0 Å². The molecule has 7 heteroatoms. The molecule has 1 aromatic heterocycles. The molecule has 2 rings (SSSR count). The first-order valence-corrected chi connectivity index (χ1v) is 8.24. The Kier molecular flexibility index (Phi) is 6.72. The van der Waals surface area contributed by atoms with E-state index >= 15 is 0 Å². The minimum Gasteiger partial charge on any atom is -0.466 e. The number of esters is 1. The van der Waals surface area contributed by atoms with E-state index in [1.807, 2.05) is 0 Å². The first-order valence-electron chi connectivity index (χ1n) is 8.24. The summed E-state index contributed by atoms with van der Waals surface area (Å²) in [5, 5.41) is 2.98. The summed E-state index contributed by atoms with van der Waals surface area (Å²) in [4.78, 5) is 41.1. The second kappa shape index (κ2) is 9.00. The van der Waals surface area contributed by atoms with Gasteiger partial charge in [0.2, 0.25) is 5.91 Å². The maximum Gasteiger partial charge on any atom is 0.306 e. The molecule has 1 N–H and O–H groups in total. The van der Waals surface area contributed by atoms with Crippen molar-refractivity contribution in [2.75, 3.05) is 19.7 Å². The van der Waals surface area contributed by atoms with E-state index in [2.05, 4.69) is 10.3 Å². The van der Waals surface area contributed by atoms with Crippen LogP contribution in [-0.2, 0) is 14.3 Å². The molecule has 0 bridgehead atoms. The van der Waals surface area contributed by atoms with Gasteiger partial charge in [-0.15, -0.1) is 0 Å². The third-order valence-electron chi connectivity index (χ3n) is 3.97. The van der Waals surface area contributed by atoms with E-state index in [4.69, 9.17) is 4.74 Å². The second-order valence-electron chi connectivity index (χ2n) is 5.67. The van der Waals surface area contributed by atoms with Crippen LogP contribution in [0.15, 0.2) is 24.5 Å². The van der Waals surface area contributed by atoms with Gasteiger partial charge < -0.3 is 15.0 Å². The summed E-state index contributed by atoms with van der Waals surface area (Å²) in [5.74, 6) is -0.503. The molecule has 1 aliphatic rings. The zero-order chi connectivity index (χ0) is 17.4. The summed E-state index contributed by atoms with van der Waals surface area (Å²) in [6.45, 7) is 3.24. The summed E-state index contributed by atoms with van der Waals surface area (Å²) in [7, 11) is 0. The molecule has 0 aromatic carbocycles. The first-order chi connectivity index (χ1) is 11.6. The Morgan fingerprint density at radius 3 is 2.50 bits per heavy atom. The van der Waals surface area contributed by atoms with E-state index in [-0.39, 0.29) is 36.7 Å². The third kappa shape index (κ3) is 5.33. The minimum atomic E-state index is -0.342. The quantitative estimate of drug-likeness (QED) is 0.789. The molecule has 1 aromatic rings. The standard InChI is InChI=1S/C17H23N3O4/c1-2-24-16(22)4-3-15(21)20-11-7-14(8-12-20)19-17(23)13-5-9-18-10-6-13/h5-6,9-10,14H,2-4,7-8,11-12H2,1H3,(H,19,23). The van der Waals surface area contributed by atoms with E-state index < -0.39 is 0 Å². The third-order valence-corrected chi connectivity index (χ3v) is 3.97. The number of carbonyl (C=O) groups is 3. The van der Waals surface area contributed by atoms with Gasteiger partial charge in [-0.05, 0) is 31.9 Å². The number of rotatable bonds is 6. The highest BCUT2D eigenvalue weighted by Gasteiger charge is 2.24. The molecule has 24 heavy (non-hydrogen) atoms. The number of likely N-dealkylation sites (tertiary alicyclic amines) is 1. The van der Waals surface area contributed by atoms with Crippen molar-refractivity contribution < 1.29 is 19.1 Å². The lowest BCUT2D eigenvalue weighted by atomic mass is 10.0. The largest absolute Gasteiger partial charge is 0.466 e. The Morgan fingerprint density at radius 2 is 1.88 bits per heavy atom. The van der Waals surface area contributed by atoms with Gasteiger partial charge in [0.05, 0.1) is 13.0 Å². The fourth-order valence-corrected chi connectivity index (χ4v) is 2.65. The van der Waals surface area contributed by atoms with Gasteiger partial charge >= 0.3 is 5.97 Å². The molecule has 0 spiro atoms. The van der Waals surface area contributed by atoms with Crippen LogP contribution in [0.3, 0.4) is 0 Å². The van der Waals surface area contributed by atoms with E-state index in [0.29, 0.717) is 38.1 Å². The average molecular weight is 333 g/mol. The summed E-state index contributed by atoms with van der Waals surface area (Å²) in [6.07, 6.45) is 4.88. The van der Waals surface area contributed by atoms with Crippen LogP contribution in [-0.4, -0.2) is 53.4 Å². The Bertz CT molecular complexity index is 568. The summed E-state index contributed by atoms with van der Waals surface area (Å²) in [6, 6.07) is 3.40. The van der Waals surface area contributed by atoms with Crippen LogP contribution in [0.2, 0.25) is 0 Å². The molecule has 0 atom stereocenters. The van der Waals surface area contributed by atoms with Crippen molar-refractivity contribution in [1.29, 1.82) is 0 Å². The SMILES string of the molecule is CCOC(=O)CCC(=O)N1CCC(NC(=O)c2ccncc2)CC1. The number of amides is 2. The number of aromatic nitrogens is 1.